The Morgan fingerprint density at radius 2 is 1.84 bits per heavy atom. The maximum atomic E-state index is 12.3. The van der Waals surface area contributed by atoms with Gasteiger partial charge in [-0.25, -0.2) is 10.4 Å². The number of rotatable bonds is 7. The molecule has 5 nitrogen and oxygen atoms in total. The molecular weight excluding hydrogens is 496 g/mol. The van der Waals surface area contributed by atoms with Crippen LogP contribution in [0.1, 0.15) is 11.1 Å². The van der Waals surface area contributed by atoms with Gasteiger partial charge in [0.15, 0.2) is 5.16 Å². The molecule has 3 aromatic carbocycles. The number of aromatic nitrogens is 2. The van der Waals surface area contributed by atoms with Gasteiger partial charge in [0.2, 0.25) is 0 Å². The number of benzene rings is 3. The van der Waals surface area contributed by atoms with Gasteiger partial charge in [-0.3, -0.25) is 4.79 Å². The zero-order valence-electron chi connectivity index (χ0n) is 16.3. The van der Waals surface area contributed by atoms with Crippen LogP contribution in [0.5, 0.6) is 0 Å². The number of imidazole rings is 1. The fraction of sp³-hybridized carbons (Fsp3) is 0.0870. The molecule has 1 amide bonds. The summed E-state index contributed by atoms with van der Waals surface area (Å²) in [5.74, 6) is 0.0187. The molecule has 0 aliphatic carbocycles. The standard InChI is InChI=1S/C23H18BrClN4OS/c24-18-9-5-16(6-10-18)13-26-28-22(30)15-31-23-27-20-3-1-2-4-21(20)29(23)14-17-7-11-19(25)12-8-17/h1-13H,14-15H2,(H,28,30). The molecule has 0 aliphatic heterocycles. The molecule has 0 fully saturated rings. The Hall–Kier alpha value is -2.61. The van der Waals surface area contributed by atoms with Gasteiger partial charge in [0, 0.05) is 9.50 Å². The van der Waals surface area contributed by atoms with Crippen molar-refractivity contribution in [3.63, 3.8) is 0 Å². The van der Waals surface area contributed by atoms with Crippen molar-refractivity contribution in [3.05, 3.63) is 93.4 Å². The average molecular weight is 514 g/mol. The zero-order valence-corrected chi connectivity index (χ0v) is 19.5. The Morgan fingerprint density at radius 3 is 2.61 bits per heavy atom. The van der Waals surface area contributed by atoms with Crippen molar-refractivity contribution in [2.45, 2.75) is 11.7 Å². The first-order valence-electron chi connectivity index (χ1n) is 9.48. The summed E-state index contributed by atoms with van der Waals surface area (Å²) < 4.78 is 3.10. The highest BCUT2D eigenvalue weighted by Gasteiger charge is 2.13. The summed E-state index contributed by atoms with van der Waals surface area (Å²) in [6.45, 7) is 0.642. The second kappa shape index (κ2) is 10.1. The third-order valence-electron chi connectivity index (χ3n) is 4.48. The van der Waals surface area contributed by atoms with Crippen LogP contribution in [-0.2, 0) is 11.3 Å². The second-order valence-corrected chi connectivity index (χ2v) is 9.02. The molecule has 1 heterocycles. The minimum Gasteiger partial charge on any atom is -0.314 e. The minimum absolute atomic E-state index is 0.191. The summed E-state index contributed by atoms with van der Waals surface area (Å²) >= 11 is 10.8. The SMILES string of the molecule is O=C(CSc1nc2ccccc2n1Cc1ccc(Cl)cc1)NN=Cc1ccc(Br)cc1. The van der Waals surface area contributed by atoms with Crippen LogP contribution in [0.25, 0.3) is 11.0 Å². The number of hydrogen-bond donors (Lipinski definition) is 1. The third kappa shape index (κ3) is 5.76. The second-order valence-electron chi connectivity index (χ2n) is 6.73. The topological polar surface area (TPSA) is 59.3 Å². The van der Waals surface area contributed by atoms with Crippen LogP contribution in [-0.4, -0.2) is 27.4 Å². The fourth-order valence-electron chi connectivity index (χ4n) is 2.98. The molecule has 0 saturated heterocycles. The van der Waals surface area contributed by atoms with E-state index < -0.39 is 0 Å². The summed E-state index contributed by atoms with van der Waals surface area (Å²) in [5, 5.41) is 5.52. The van der Waals surface area contributed by atoms with E-state index in [0.717, 1.165) is 31.8 Å². The lowest BCUT2D eigenvalue weighted by molar-refractivity contribution is -0.118. The molecule has 0 spiro atoms. The Balaban J connectivity index is 1.44. The van der Waals surface area contributed by atoms with E-state index in [1.807, 2.05) is 72.8 Å². The van der Waals surface area contributed by atoms with Crippen LogP contribution in [0.15, 0.2) is 87.5 Å². The number of amides is 1. The first-order valence-corrected chi connectivity index (χ1v) is 11.6. The van der Waals surface area contributed by atoms with Gasteiger partial charge < -0.3 is 4.57 Å². The van der Waals surface area contributed by atoms with Crippen LogP contribution in [0.4, 0.5) is 0 Å². The molecular formula is C23H18BrClN4OS. The number of hydrazone groups is 1. The van der Waals surface area contributed by atoms with Crippen LogP contribution < -0.4 is 5.43 Å². The number of carbonyl (C=O) groups excluding carboxylic acids is 1. The molecule has 0 radical (unpaired) electrons. The molecule has 156 valence electrons. The summed E-state index contributed by atoms with van der Waals surface area (Å²) in [6.07, 6.45) is 1.62. The van der Waals surface area contributed by atoms with E-state index in [9.17, 15) is 4.79 Å². The van der Waals surface area contributed by atoms with Crippen molar-refractivity contribution < 1.29 is 4.79 Å². The highest BCUT2D eigenvalue weighted by atomic mass is 79.9. The molecule has 1 N–H and O–H groups in total. The van der Waals surface area contributed by atoms with Gasteiger partial charge in [0.1, 0.15) is 0 Å². The van der Waals surface area contributed by atoms with Gasteiger partial charge in [-0.2, -0.15) is 5.10 Å². The number of carbonyl (C=O) groups is 1. The summed E-state index contributed by atoms with van der Waals surface area (Å²) in [6, 6.07) is 23.4. The van der Waals surface area contributed by atoms with E-state index in [1.165, 1.54) is 11.8 Å². The van der Waals surface area contributed by atoms with Gasteiger partial charge >= 0.3 is 0 Å². The molecule has 0 unspecified atom stereocenters. The first kappa shape index (κ1) is 21.6. The van der Waals surface area contributed by atoms with E-state index in [4.69, 9.17) is 16.6 Å². The molecule has 0 atom stereocenters. The van der Waals surface area contributed by atoms with Crippen molar-refractivity contribution in [1.82, 2.24) is 15.0 Å². The van der Waals surface area contributed by atoms with Crippen molar-refractivity contribution >= 4 is 62.4 Å². The van der Waals surface area contributed by atoms with Crippen LogP contribution >= 0.6 is 39.3 Å². The first-order chi connectivity index (χ1) is 15.1. The van der Waals surface area contributed by atoms with E-state index in [1.54, 1.807) is 6.21 Å². The maximum Gasteiger partial charge on any atom is 0.250 e. The number of fused-ring (bicyclic) bond motifs is 1. The van der Waals surface area contributed by atoms with Gasteiger partial charge in [-0.15, -0.1) is 0 Å². The number of nitrogens with zero attached hydrogens (tertiary/aromatic N) is 3. The fourth-order valence-corrected chi connectivity index (χ4v) is 4.18. The van der Waals surface area contributed by atoms with E-state index in [-0.39, 0.29) is 11.7 Å². The van der Waals surface area contributed by atoms with Crippen molar-refractivity contribution in [1.29, 1.82) is 0 Å². The van der Waals surface area contributed by atoms with E-state index in [0.29, 0.717) is 11.6 Å². The molecule has 4 aromatic rings. The predicted octanol–water partition coefficient (Wildman–Crippen LogP) is 5.74. The number of nitrogens with one attached hydrogen (secondary N) is 1. The lowest BCUT2D eigenvalue weighted by atomic mass is 10.2. The van der Waals surface area contributed by atoms with Crippen molar-refractivity contribution in [3.8, 4) is 0 Å². The minimum atomic E-state index is -0.191. The molecule has 0 bridgehead atoms. The summed E-state index contributed by atoms with van der Waals surface area (Å²) in [4.78, 5) is 17.0. The monoisotopic (exact) mass is 512 g/mol. The molecule has 31 heavy (non-hydrogen) atoms. The van der Waals surface area contributed by atoms with Gasteiger partial charge in [0.05, 0.1) is 29.5 Å². The Kier molecular flexibility index (Phi) is 7.06. The Bertz CT molecular complexity index is 1220. The number of hydrogen-bond acceptors (Lipinski definition) is 4. The smallest absolute Gasteiger partial charge is 0.250 e. The maximum absolute atomic E-state index is 12.3. The van der Waals surface area contributed by atoms with E-state index >= 15 is 0 Å². The number of thioether (sulfide) groups is 1. The molecule has 8 heteroatoms. The summed E-state index contributed by atoms with van der Waals surface area (Å²) in [7, 11) is 0. The predicted molar refractivity (Wildman–Crippen MR) is 131 cm³/mol. The van der Waals surface area contributed by atoms with Crippen LogP contribution in [0, 0.1) is 0 Å². The molecule has 4 rings (SSSR count). The largest absolute Gasteiger partial charge is 0.314 e. The van der Waals surface area contributed by atoms with Crippen molar-refractivity contribution in [2.75, 3.05) is 5.75 Å². The highest BCUT2D eigenvalue weighted by Crippen LogP contribution is 2.25. The van der Waals surface area contributed by atoms with Crippen molar-refractivity contribution in [2.24, 2.45) is 5.10 Å². The molecule has 0 aliphatic rings. The van der Waals surface area contributed by atoms with Crippen LogP contribution in [0.3, 0.4) is 0 Å². The van der Waals surface area contributed by atoms with E-state index in [2.05, 4.69) is 31.0 Å². The molecule has 1 aromatic heterocycles. The normalized spacial score (nSPS) is 11.3. The summed E-state index contributed by atoms with van der Waals surface area (Å²) in [5.41, 5.74) is 6.50. The van der Waals surface area contributed by atoms with Gasteiger partial charge in [-0.05, 0) is 47.5 Å². The average Bonchev–Trinajstić information content (AvgIpc) is 3.12. The van der Waals surface area contributed by atoms with Crippen LogP contribution in [0.2, 0.25) is 5.02 Å². The van der Waals surface area contributed by atoms with Gasteiger partial charge in [-0.1, -0.05) is 75.7 Å². The number of halogens is 2. The lowest BCUT2D eigenvalue weighted by Gasteiger charge is -2.09. The molecule has 0 saturated carbocycles. The quantitative estimate of drug-likeness (QED) is 0.195. The Labute approximate surface area is 197 Å². The zero-order chi connectivity index (χ0) is 21.6. The Morgan fingerprint density at radius 1 is 1.10 bits per heavy atom. The third-order valence-corrected chi connectivity index (χ3v) is 6.24. The van der Waals surface area contributed by atoms with Gasteiger partial charge in [0.25, 0.3) is 5.91 Å². The number of para-hydroxylation sites is 2. The lowest BCUT2D eigenvalue weighted by Crippen LogP contribution is -2.20. The highest BCUT2D eigenvalue weighted by molar-refractivity contribution is 9.10.